The Morgan fingerprint density at radius 3 is 2.09 bits per heavy atom. The quantitative estimate of drug-likeness (QED) is 0.266. The number of hydrogen-bond donors (Lipinski definition) is 1. The molecule has 6 nitrogen and oxygen atoms in total. The molecule has 0 saturated heterocycles. The summed E-state index contributed by atoms with van der Waals surface area (Å²) in [4.78, 5) is 38.4. The number of nitrogens with one attached hydrogen (secondary N) is 1. The molecule has 0 spiro atoms. The lowest BCUT2D eigenvalue weighted by Crippen LogP contribution is -2.69. The number of ether oxygens (including phenoxy) is 2. The van der Waals surface area contributed by atoms with Gasteiger partial charge in [0.05, 0.1) is 0 Å². The molecule has 0 heterocycles. The molecule has 1 amide bonds. The summed E-state index contributed by atoms with van der Waals surface area (Å²) in [7, 11) is 0. The van der Waals surface area contributed by atoms with Crippen LogP contribution in [0.4, 0.5) is 0 Å². The van der Waals surface area contributed by atoms with E-state index in [9.17, 15) is 14.4 Å². The molecular formula is C40H57NO5. The SMILES string of the molecule is CC(=O)O[C@H]1C[C@]2(C)[C@H]3CC=C4[C@@H]5CC(C)(C)CC[C@]5(NC(=O)c5ccccc5)CC[C@@]4(C)[C@]3(C)CC[C@H]2C(C)(C)[C@H]1OC(C)=O. The average Bonchev–Trinajstić information content (AvgIpc) is 2.96. The predicted octanol–water partition coefficient (Wildman–Crippen LogP) is 8.44. The molecule has 1 aromatic carbocycles. The number of allylic oxidation sites excluding steroid dienone is 1. The summed E-state index contributed by atoms with van der Waals surface area (Å²) in [5, 5.41) is 3.66. The largest absolute Gasteiger partial charge is 0.459 e. The van der Waals surface area contributed by atoms with E-state index in [0.717, 1.165) is 56.9 Å². The first kappa shape index (κ1) is 33.3. The summed E-state index contributed by atoms with van der Waals surface area (Å²) in [6.07, 6.45) is 10.7. The molecule has 0 unspecified atom stereocenters. The lowest BCUT2D eigenvalue weighted by molar-refractivity contribution is -0.243. The van der Waals surface area contributed by atoms with Gasteiger partial charge >= 0.3 is 11.9 Å². The van der Waals surface area contributed by atoms with Crippen LogP contribution in [0.25, 0.3) is 0 Å². The summed E-state index contributed by atoms with van der Waals surface area (Å²) >= 11 is 0. The number of fused-ring (bicyclic) bond motifs is 7. The van der Waals surface area contributed by atoms with E-state index in [-0.39, 0.29) is 50.5 Å². The summed E-state index contributed by atoms with van der Waals surface area (Å²) in [5.74, 6) is 0.428. The van der Waals surface area contributed by atoms with E-state index in [1.807, 2.05) is 30.3 Å². The summed E-state index contributed by atoms with van der Waals surface area (Å²) in [6.45, 7) is 19.7. The molecule has 4 fully saturated rings. The summed E-state index contributed by atoms with van der Waals surface area (Å²) < 4.78 is 12.0. The Hall–Kier alpha value is -2.63. The molecule has 5 aliphatic rings. The minimum Gasteiger partial charge on any atom is -0.459 e. The molecule has 6 heteroatoms. The van der Waals surface area contributed by atoms with E-state index in [1.54, 1.807) is 5.57 Å². The zero-order valence-electron chi connectivity index (χ0n) is 29.8. The molecule has 1 aromatic rings. The van der Waals surface area contributed by atoms with Gasteiger partial charge in [0.2, 0.25) is 0 Å². The van der Waals surface area contributed by atoms with Crippen LogP contribution in [0.3, 0.4) is 0 Å². The van der Waals surface area contributed by atoms with Gasteiger partial charge in [-0.15, -0.1) is 0 Å². The summed E-state index contributed by atoms with van der Waals surface area (Å²) in [5.41, 5.74) is 1.89. The van der Waals surface area contributed by atoms with Gasteiger partial charge in [-0.2, -0.15) is 0 Å². The first-order valence-corrected chi connectivity index (χ1v) is 17.8. The van der Waals surface area contributed by atoms with Crippen LogP contribution < -0.4 is 5.32 Å². The Kier molecular flexibility index (Phi) is 7.92. The van der Waals surface area contributed by atoms with Gasteiger partial charge in [0, 0.05) is 36.3 Å². The topological polar surface area (TPSA) is 81.7 Å². The molecule has 0 bridgehead atoms. The maximum atomic E-state index is 13.7. The molecule has 6 rings (SSSR count). The Morgan fingerprint density at radius 1 is 0.783 bits per heavy atom. The van der Waals surface area contributed by atoms with Crippen LogP contribution in [0.5, 0.6) is 0 Å². The van der Waals surface area contributed by atoms with Crippen molar-refractivity contribution < 1.29 is 23.9 Å². The van der Waals surface area contributed by atoms with Crippen LogP contribution >= 0.6 is 0 Å². The van der Waals surface area contributed by atoms with Crippen molar-refractivity contribution in [2.45, 2.75) is 138 Å². The number of rotatable bonds is 4. The maximum absolute atomic E-state index is 13.7. The Labute approximate surface area is 276 Å². The van der Waals surface area contributed by atoms with E-state index in [4.69, 9.17) is 9.47 Å². The molecule has 5 aliphatic carbocycles. The van der Waals surface area contributed by atoms with Crippen molar-refractivity contribution in [3.05, 3.63) is 47.5 Å². The Balaban J connectivity index is 1.39. The van der Waals surface area contributed by atoms with Crippen LogP contribution in [0, 0.1) is 44.8 Å². The number of benzene rings is 1. The smallest absolute Gasteiger partial charge is 0.303 e. The molecule has 4 saturated carbocycles. The van der Waals surface area contributed by atoms with Crippen molar-refractivity contribution in [2.24, 2.45) is 44.8 Å². The van der Waals surface area contributed by atoms with Crippen molar-refractivity contribution in [1.82, 2.24) is 5.32 Å². The minimum atomic E-state index is -0.468. The number of esters is 2. The number of hydrogen-bond acceptors (Lipinski definition) is 5. The second-order valence-electron chi connectivity index (χ2n) is 17.9. The van der Waals surface area contributed by atoms with Crippen LogP contribution in [0.15, 0.2) is 42.0 Å². The number of carbonyl (C=O) groups excluding carboxylic acids is 3. The highest BCUT2D eigenvalue weighted by Crippen LogP contribution is 2.75. The molecule has 1 N–H and O–H groups in total. The predicted molar refractivity (Wildman–Crippen MR) is 180 cm³/mol. The third kappa shape index (κ3) is 4.98. The average molecular weight is 632 g/mol. The van der Waals surface area contributed by atoms with E-state index in [0.29, 0.717) is 24.2 Å². The van der Waals surface area contributed by atoms with Crippen molar-refractivity contribution in [1.29, 1.82) is 0 Å². The fraction of sp³-hybridized carbons (Fsp3) is 0.725. The standard InChI is InChI=1S/C40H57NO5/c1-25(42)45-30-24-37(7)31(36(5,6)33(30)46-26(2)43)17-18-39(9)32(37)16-15-28-29-23-35(3,4)19-21-40(29,22-20-38(28,39)8)41-34(44)27-13-11-10-12-14-27/h10-15,29-33H,16-24H2,1-9H3,(H,41,44)/t29-,30-,31-,32+,33-,37-,38+,39+,40-/m0/s1. The van der Waals surface area contributed by atoms with Crippen LogP contribution in [0.2, 0.25) is 0 Å². The van der Waals surface area contributed by atoms with Crippen molar-refractivity contribution in [2.75, 3.05) is 0 Å². The highest BCUT2D eigenvalue weighted by atomic mass is 16.6. The van der Waals surface area contributed by atoms with E-state index in [2.05, 4.69) is 59.9 Å². The molecule has 0 aliphatic heterocycles. The normalized spacial score (nSPS) is 42.1. The first-order chi connectivity index (χ1) is 21.4. The molecule has 0 aromatic heterocycles. The minimum absolute atomic E-state index is 0.00321. The molecule has 9 atom stereocenters. The first-order valence-electron chi connectivity index (χ1n) is 17.8. The second-order valence-corrected chi connectivity index (χ2v) is 17.9. The zero-order valence-corrected chi connectivity index (χ0v) is 29.8. The van der Waals surface area contributed by atoms with Crippen LogP contribution in [-0.4, -0.2) is 35.6 Å². The molecule has 46 heavy (non-hydrogen) atoms. The lowest BCUT2D eigenvalue weighted by atomic mass is 9.34. The Morgan fingerprint density at radius 2 is 1.43 bits per heavy atom. The van der Waals surface area contributed by atoms with Gasteiger partial charge in [0.25, 0.3) is 5.91 Å². The number of amides is 1. The Bertz CT molecular complexity index is 1430. The highest BCUT2D eigenvalue weighted by molar-refractivity contribution is 5.94. The van der Waals surface area contributed by atoms with E-state index < -0.39 is 12.2 Å². The fourth-order valence-electron chi connectivity index (χ4n) is 12.2. The van der Waals surface area contributed by atoms with Gasteiger partial charge in [-0.3, -0.25) is 14.4 Å². The van der Waals surface area contributed by atoms with Crippen molar-refractivity contribution in [3.63, 3.8) is 0 Å². The van der Waals surface area contributed by atoms with E-state index in [1.165, 1.54) is 13.8 Å². The van der Waals surface area contributed by atoms with Gasteiger partial charge in [0.1, 0.15) is 12.2 Å². The van der Waals surface area contributed by atoms with Gasteiger partial charge in [-0.05, 0) is 103 Å². The fourth-order valence-corrected chi connectivity index (χ4v) is 12.2. The van der Waals surface area contributed by atoms with Crippen molar-refractivity contribution in [3.8, 4) is 0 Å². The molecule has 0 radical (unpaired) electrons. The monoisotopic (exact) mass is 631 g/mol. The van der Waals surface area contributed by atoms with Crippen LogP contribution in [-0.2, 0) is 19.1 Å². The summed E-state index contributed by atoms with van der Waals surface area (Å²) in [6, 6.07) is 9.70. The van der Waals surface area contributed by atoms with Crippen molar-refractivity contribution >= 4 is 17.8 Å². The third-order valence-corrected chi connectivity index (χ3v) is 14.5. The zero-order chi connectivity index (χ0) is 33.5. The molecule has 252 valence electrons. The lowest BCUT2D eigenvalue weighted by Gasteiger charge is -2.71. The number of carbonyl (C=O) groups is 3. The molecular weight excluding hydrogens is 574 g/mol. The van der Waals surface area contributed by atoms with Gasteiger partial charge < -0.3 is 14.8 Å². The second kappa shape index (κ2) is 11.0. The maximum Gasteiger partial charge on any atom is 0.303 e. The van der Waals surface area contributed by atoms with Gasteiger partial charge in [0.15, 0.2) is 0 Å². The van der Waals surface area contributed by atoms with E-state index >= 15 is 0 Å². The van der Waals surface area contributed by atoms with Gasteiger partial charge in [-0.1, -0.05) is 78.3 Å². The highest BCUT2D eigenvalue weighted by Gasteiger charge is 2.70. The third-order valence-electron chi connectivity index (χ3n) is 14.5. The van der Waals surface area contributed by atoms with Crippen LogP contribution in [0.1, 0.15) is 130 Å². The van der Waals surface area contributed by atoms with Gasteiger partial charge in [-0.25, -0.2) is 0 Å².